The molecular formula is C18H22N4O. The number of hydrogen-bond acceptors (Lipinski definition) is 4. The van der Waals surface area contributed by atoms with Gasteiger partial charge in [0.25, 0.3) is 5.91 Å². The first kappa shape index (κ1) is 14.6. The number of nitrogens with one attached hydrogen (secondary N) is 1. The summed E-state index contributed by atoms with van der Waals surface area (Å²) in [6.45, 7) is 3.12. The Labute approximate surface area is 136 Å². The zero-order chi connectivity index (χ0) is 15.6. The highest BCUT2D eigenvalue weighted by Crippen LogP contribution is 2.30. The first-order valence-corrected chi connectivity index (χ1v) is 8.53. The molecule has 2 fully saturated rings. The van der Waals surface area contributed by atoms with Crippen molar-refractivity contribution in [2.24, 2.45) is 5.92 Å². The molecule has 1 aliphatic heterocycles. The van der Waals surface area contributed by atoms with Crippen LogP contribution in [-0.4, -0.2) is 46.5 Å². The number of carbonyl (C=O) groups is 1. The summed E-state index contributed by atoms with van der Waals surface area (Å²) in [5.74, 6) is 0.495. The van der Waals surface area contributed by atoms with Gasteiger partial charge in [-0.25, -0.2) is 9.97 Å². The molecule has 23 heavy (non-hydrogen) atoms. The largest absolute Gasteiger partial charge is 0.350 e. The van der Waals surface area contributed by atoms with Gasteiger partial charge in [0, 0.05) is 24.2 Å². The van der Waals surface area contributed by atoms with Gasteiger partial charge in [-0.15, -0.1) is 0 Å². The average Bonchev–Trinajstić information content (AvgIpc) is 3.45. The number of fused-ring (bicyclic) bond motifs is 1. The SMILES string of the molecule is O=C(NCC1CCN(C2CC2)CC1)c1ccc2cccnc2n1. The van der Waals surface area contributed by atoms with Crippen LogP contribution in [0.15, 0.2) is 30.5 Å². The molecule has 3 heterocycles. The Kier molecular flexibility index (Phi) is 3.95. The van der Waals surface area contributed by atoms with Crippen molar-refractivity contribution in [2.45, 2.75) is 31.7 Å². The number of aromatic nitrogens is 2. The van der Waals surface area contributed by atoms with Gasteiger partial charge in [-0.2, -0.15) is 0 Å². The number of rotatable bonds is 4. The van der Waals surface area contributed by atoms with Gasteiger partial charge >= 0.3 is 0 Å². The smallest absolute Gasteiger partial charge is 0.269 e. The summed E-state index contributed by atoms with van der Waals surface area (Å²) in [7, 11) is 0. The average molecular weight is 310 g/mol. The number of carbonyl (C=O) groups excluding carboxylic acids is 1. The Balaban J connectivity index is 1.32. The highest BCUT2D eigenvalue weighted by Gasteiger charge is 2.31. The standard InChI is InChI=1S/C18H22N4O/c23-18(16-6-3-14-2-1-9-19-17(14)21-16)20-12-13-7-10-22(11-8-13)15-4-5-15/h1-3,6,9,13,15H,4-5,7-8,10-12H2,(H,20,23). The predicted octanol–water partition coefficient (Wildman–Crippen LogP) is 2.23. The minimum absolute atomic E-state index is 0.0952. The molecular weight excluding hydrogens is 288 g/mol. The Hall–Kier alpha value is -2.01. The number of hydrogen-bond donors (Lipinski definition) is 1. The highest BCUT2D eigenvalue weighted by atomic mass is 16.1. The van der Waals surface area contributed by atoms with Gasteiger partial charge in [0.1, 0.15) is 5.69 Å². The van der Waals surface area contributed by atoms with Crippen molar-refractivity contribution < 1.29 is 4.79 Å². The van der Waals surface area contributed by atoms with Crippen LogP contribution in [-0.2, 0) is 0 Å². The minimum Gasteiger partial charge on any atom is -0.350 e. The molecule has 2 aromatic heterocycles. The zero-order valence-electron chi connectivity index (χ0n) is 13.2. The number of piperidine rings is 1. The predicted molar refractivity (Wildman–Crippen MR) is 89.2 cm³/mol. The third-order valence-electron chi connectivity index (χ3n) is 4.96. The van der Waals surface area contributed by atoms with Crippen LogP contribution in [0.25, 0.3) is 11.0 Å². The summed E-state index contributed by atoms with van der Waals surface area (Å²) < 4.78 is 0. The molecule has 1 saturated heterocycles. The molecule has 0 bridgehead atoms. The lowest BCUT2D eigenvalue weighted by Gasteiger charge is -2.31. The van der Waals surface area contributed by atoms with E-state index in [4.69, 9.17) is 0 Å². The van der Waals surface area contributed by atoms with E-state index >= 15 is 0 Å². The summed E-state index contributed by atoms with van der Waals surface area (Å²) in [4.78, 5) is 23.5. The lowest BCUT2D eigenvalue weighted by molar-refractivity contribution is 0.0930. The summed E-state index contributed by atoms with van der Waals surface area (Å²) in [6, 6.07) is 8.36. The summed E-state index contributed by atoms with van der Waals surface area (Å²) in [6.07, 6.45) is 6.82. The first-order valence-electron chi connectivity index (χ1n) is 8.53. The number of likely N-dealkylation sites (tertiary alicyclic amines) is 1. The van der Waals surface area contributed by atoms with E-state index in [0.29, 0.717) is 17.3 Å². The molecule has 2 aliphatic rings. The van der Waals surface area contributed by atoms with Gasteiger partial charge in [-0.3, -0.25) is 4.79 Å². The van der Waals surface area contributed by atoms with Crippen LogP contribution >= 0.6 is 0 Å². The van der Waals surface area contributed by atoms with Crippen molar-refractivity contribution in [1.82, 2.24) is 20.2 Å². The molecule has 5 nitrogen and oxygen atoms in total. The highest BCUT2D eigenvalue weighted by molar-refractivity contribution is 5.94. The van der Waals surface area contributed by atoms with Crippen molar-refractivity contribution in [3.8, 4) is 0 Å². The molecule has 120 valence electrons. The van der Waals surface area contributed by atoms with E-state index in [2.05, 4.69) is 20.2 Å². The van der Waals surface area contributed by atoms with Crippen LogP contribution in [0.2, 0.25) is 0 Å². The minimum atomic E-state index is -0.0952. The van der Waals surface area contributed by atoms with Gasteiger partial charge in [0.05, 0.1) is 0 Å². The molecule has 1 amide bonds. The van der Waals surface area contributed by atoms with Crippen LogP contribution in [0.5, 0.6) is 0 Å². The first-order chi connectivity index (χ1) is 11.3. The van der Waals surface area contributed by atoms with Crippen molar-refractivity contribution in [3.63, 3.8) is 0 Å². The molecule has 2 aromatic rings. The third-order valence-corrected chi connectivity index (χ3v) is 4.96. The normalized spacial score (nSPS) is 19.8. The van der Waals surface area contributed by atoms with Crippen molar-refractivity contribution >= 4 is 16.9 Å². The summed E-state index contributed by atoms with van der Waals surface area (Å²) in [5.41, 5.74) is 1.07. The fourth-order valence-electron chi connectivity index (χ4n) is 3.37. The van der Waals surface area contributed by atoms with Gasteiger partial charge in [0.2, 0.25) is 0 Å². The Morgan fingerprint density at radius 1 is 1.17 bits per heavy atom. The maximum absolute atomic E-state index is 12.3. The Bertz CT molecular complexity index is 705. The van der Waals surface area contributed by atoms with Crippen LogP contribution in [0.3, 0.4) is 0 Å². The maximum atomic E-state index is 12.3. The molecule has 0 spiro atoms. The molecule has 0 aromatic carbocycles. The maximum Gasteiger partial charge on any atom is 0.269 e. The molecule has 5 heteroatoms. The van der Waals surface area contributed by atoms with E-state index < -0.39 is 0 Å². The summed E-state index contributed by atoms with van der Waals surface area (Å²) >= 11 is 0. The number of nitrogens with zero attached hydrogens (tertiary/aromatic N) is 3. The van der Waals surface area contributed by atoms with E-state index in [1.807, 2.05) is 18.2 Å². The number of amides is 1. The van der Waals surface area contributed by atoms with E-state index in [0.717, 1.165) is 18.0 Å². The monoisotopic (exact) mass is 310 g/mol. The van der Waals surface area contributed by atoms with Crippen LogP contribution in [0, 0.1) is 5.92 Å². The Morgan fingerprint density at radius 3 is 2.78 bits per heavy atom. The lowest BCUT2D eigenvalue weighted by Crippen LogP contribution is -2.39. The van der Waals surface area contributed by atoms with Crippen LogP contribution < -0.4 is 5.32 Å². The number of pyridine rings is 2. The second kappa shape index (κ2) is 6.24. The quantitative estimate of drug-likeness (QED) is 0.941. The van der Waals surface area contributed by atoms with Crippen molar-refractivity contribution in [2.75, 3.05) is 19.6 Å². The van der Waals surface area contributed by atoms with Crippen LogP contribution in [0.4, 0.5) is 0 Å². The Morgan fingerprint density at radius 2 is 2.00 bits per heavy atom. The van der Waals surface area contributed by atoms with E-state index in [1.165, 1.54) is 38.8 Å². The molecule has 4 rings (SSSR count). The topological polar surface area (TPSA) is 58.1 Å². The molecule has 1 aliphatic carbocycles. The fourth-order valence-corrected chi connectivity index (χ4v) is 3.37. The molecule has 0 radical (unpaired) electrons. The van der Waals surface area contributed by atoms with Crippen molar-refractivity contribution in [3.05, 3.63) is 36.2 Å². The van der Waals surface area contributed by atoms with E-state index in [-0.39, 0.29) is 5.91 Å². The zero-order valence-corrected chi connectivity index (χ0v) is 13.2. The molecule has 0 atom stereocenters. The fraction of sp³-hybridized carbons (Fsp3) is 0.500. The summed E-state index contributed by atoms with van der Waals surface area (Å²) in [5, 5.41) is 4.00. The second-order valence-electron chi connectivity index (χ2n) is 6.67. The van der Waals surface area contributed by atoms with E-state index in [9.17, 15) is 4.79 Å². The van der Waals surface area contributed by atoms with Crippen LogP contribution in [0.1, 0.15) is 36.2 Å². The second-order valence-corrected chi connectivity index (χ2v) is 6.67. The molecule has 1 saturated carbocycles. The van der Waals surface area contributed by atoms with E-state index in [1.54, 1.807) is 12.3 Å². The van der Waals surface area contributed by atoms with Gasteiger partial charge in [-0.1, -0.05) is 0 Å². The van der Waals surface area contributed by atoms with Gasteiger partial charge in [-0.05, 0) is 69.0 Å². The van der Waals surface area contributed by atoms with Gasteiger partial charge < -0.3 is 10.2 Å². The molecule has 1 N–H and O–H groups in total. The van der Waals surface area contributed by atoms with Crippen molar-refractivity contribution in [1.29, 1.82) is 0 Å². The lowest BCUT2D eigenvalue weighted by atomic mass is 9.96. The van der Waals surface area contributed by atoms with Gasteiger partial charge in [0.15, 0.2) is 5.65 Å². The third kappa shape index (κ3) is 3.34. The molecule has 0 unspecified atom stereocenters.